The normalized spacial score (nSPS) is 13.9. The lowest BCUT2D eigenvalue weighted by Crippen LogP contribution is -2.29. The van der Waals surface area contributed by atoms with E-state index in [-0.39, 0.29) is 64.3 Å². The van der Waals surface area contributed by atoms with Gasteiger partial charge >= 0.3 is 0 Å². The molecule has 15 heteroatoms. The van der Waals surface area contributed by atoms with E-state index >= 15 is 0 Å². The van der Waals surface area contributed by atoms with Crippen molar-refractivity contribution in [2.75, 3.05) is 21.3 Å². The van der Waals surface area contributed by atoms with Gasteiger partial charge in [-0.05, 0) is 121 Å². The Labute approximate surface area is 319 Å². The molecule has 0 unspecified atom stereocenters. The maximum Gasteiger partial charge on any atom is 0.266 e. The quantitative estimate of drug-likeness (QED) is 0.114. The number of hydrogen-bond donors (Lipinski definition) is 2. The standard InChI is InChI=1S/C41H26N4O9S2/c42-25-3-11-29(12-4-25)55(51,52)31-15-7-27(8-16-31)44-38(47)33-19-1-23(21-35(33)40(44)49)37(46)24-2-20-34-36(22-24)41(50)45(39(34)48)28-9-17-32(18-10-28)56(53,54)30-13-5-26(43)6-14-30/h1-22H,42-43H2. The van der Waals surface area contributed by atoms with E-state index in [1.165, 1.54) is 133 Å². The van der Waals surface area contributed by atoms with Crippen LogP contribution in [0.15, 0.2) is 153 Å². The molecule has 6 aromatic carbocycles. The average Bonchev–Trinajstić information content (AvgIpc) is 3.60. The molecule has 0 radical (unpaired) electrons. The fourth-order valence-electron chi connectivity index (χ4n) is 6.51. The molecule has 4 amide bonds. The van der Waals surface area contributed by atoms with Crippen LogP contribution in [0.2, 0.25) is 0 Å². The number of nitrogens with zero attached hydrogens (tertiary/aromatic N) is 2. The lowest BCUT2D eigenvalue weighted by molar-refractivity contribution is 0.0910. The van der Waals surface area contributed by atoms with Crippen molar-refractivity contribution >= 4 is 71.8 Å². The van der Waals surface area contributed by atoms with Crippen LogP contribution in [0.4, 0.5) is 22.7 Å². The zero-order chi connectivity index (χ0) is 39.7. The molecule has 0 atom stereocenters. The number of amides is 4. The summed E-state index contributed by atoms with van der Waals surface area (Å²) in [6.07, 6.45) is 0. The molecule has 2 aliphatic heterocycles. The molecule has 0 spiro atoms. The number of carbonyl (C=O) groups excluding carboxylic acids is 5. The number of hydrogen-bond acceptors (Lipinski definition) is 11. The molecule has 0 aliphatic carbocycles. The predicted molar refractivity (Wildman–Crippen MR) is 204 cm³/mol. The monoisotopic (exact) mass is 782 g/mol. The maximum atomic E-state index is 13.7. The topological polar surface area (TPSA) is 212 Å². The summed E-state index contributed by atoms with van der Waals surface area (Å²) in [5.74, 6) is -3.40. The van der Waals surface area contributed by atoms with Gasteiger partial charge in [-0.15, -0.1) is 0 Å². The summed E-state index contributed by atoms with van der Waals surface area (Å²) in [6, 6.07) is 29.7. The minimum absolute atomic E-state index is 0.0186. The molecular formula is C41H26N4O9S2. The molecule has 56 heavy (non-hydrogen) atoms. The Hall–Kier alpha value is -7.23. The van der Waals surface area contributed by atoms with E-state index in [1.54, 1.807) is 0 Å². The predicted octanol–water partition coefficient (Wildman–Crippen LogP) is 5.35. The van der Waals surface area contributed by atoms with Crippen LogP contribution >= 0.6 is 0 Å². The molecule has 0 saturated heterocycles. The Kier molecular flexibility index (Phi) is 8.29. The number of benzene rings is 6. The van der Waals surface area contributed by atoms with Crippen LogP contribution in [-0.2, 0) is 19.7 Å². The molecule has 2 aliphatic rings. The minimum Gasteiger partial charge on any atom is -0.399 e. The van der Waals surface area contributed by atoms with Crippen molar-refractivity contribution in [3.8, 4) is 0 Å². The highest BCUT2D eigenvalue weighted by atomic mass is 32.2. The molecule has 0 fully saturated rings. The van der Waals surface area contributed by atoms with Crippen LogP contribution in [-0.4, -0.2) is 46.2 Å². The number of fused-ring (bicyclic) bond motifs is 2. The van der Waals surface area contributed by atoms with E-state index in [0.717, 1.165) is 9.80 Å². The molecule has 6 aromatic rings. The molecule has 276 valence electrons. The van der Waals surface area contributed by atoms with E-state index in [4.69, 9.17) is 11.5 Å². The van der Waals surface area contributed by atoms with Crippen molar-refractivity contribution in [2.45, 2.75) is 19.6 Å². The van der Waals surface area contributed by atoms with Gasteiger partial charge in [-0.3, -0.25) is 24.0 Å². The number of anilines is 4. The Morgan fingerprint density at radius 1 is 0.393 bits per heavy atom. The molecule has 13 nitrogen and oxygen atoms in total. The van der Waals surface area contributed by atoms with Crippen molar-refractivity contribution in [1.29, 1.82) is 0 Å². The van der Waals surface area contributed by atoms with E-state index in [2.05, 4.69) is 0 Å². The summed E-state index contributed by atoms with van der Waals surface area (Å²) < 4.78 is 52.4. The zero-order valence-corrected chi connectivity index (χ0v) is 30.4. The first-order valence-corrected chi connectivity index (χ1v) is 19.7. The van der Waals surface area contributed by atoms with E-state index in [0.29, 0.717) is 11.4 Å². The molecule has 4 N–H and O–H groups in total. The smallest absolute Gasteiger partial charge is 0.266 e. The van der Waals surface area contributed by atoms with Gasteiger partial charge in [-0.2, -0.15) is 0 Å². The number of ketones is 1. The lowest BCUT2D eigenvalue weighted by atomic mass is 9.96. The van der Waals surface area contributed by atoms with Gasteiger partial charge in [0.25, 0.3) is 23.6 Å². The van der Waals surface area contributed by atoms with Crippen LogP contribution in [0.5, 0.6) is 0 Å². The van der Waals surface area contributed by atoms with Crippen molar-refractivity contribution in [1.82, 2.24) is 0 Å². The molecule has 0 saturated carbocycles. The number of carbonyl (C=O) groups is 5. The highest BCUT2D eigenvalue weighted by Gasteiger charge is 2.39. The maximum absolute atomic E-state index is 13.7. The van der Waals surface area contributed by atoms with Crippen LogP contribution in [0.3, 0.4) is 0 Å². The second kappa shape index (κ2) is 13.0. The van der Waals surface area contributed by atoms with Gasteiger partial charge in [0.15, 0.2) is 5.78 Å². The van der Waals surface area contributed by atoms with Gasteiger partial charge in [0, 0.05) is 22.5 Å². The molecule has 0 bridgehead atoms. The first-order valence-electron chi connectivity index (χ1n) is 16.7. The van der Waals surface area contributed by atoms with Gasteiger partial charge in [0.2, 0.25) is 19.7 Å². The zero-order valence-electron chi connectivity index (χ0n) is 28.7. The molecule has 8 rings (SSSR count). The third-order valence-electron chi connectivity index (χ3n) is 9.49. The van der Waals surface area contributed by atoms with Crippen molar-refractivity contribution < 1.29 is 40.8 Å². The van der Waals surface area contributed by atoms with Crippen molar-refractivity contribution in [2.24, 2.45) is 0 Å². The van der Waals surface area contributed by atoms with E-state index < -0.39 is 49.1 Å². The Bertz CT molecular complexity index is 2730. The number of rotatable bonds is 8. The first kappa shape index (κ1) is 35.8. The number of nitrogens with two attached hydrogens (primary N) is 2. The minimum atomic E-state index is -3.91. The van der Waals surface area contributed by atoms with Gasteiger partial charge in [-0.25, -0.2) is 26.6 Å². The lowest BCUT2D eigenvalue weighted by Gasteiger charge is -2.14. The van der Waals surface area contributed by atoms with E-state index in [9.17, 15) is 40.8 Å². The van der Waals surface area contributed by atoms with Crippen LogP contribution in [0, 0.1) is 0 Å². The van der Waals surface area contributed by atoms with Gasteiger partial charge < -0.3 is 11.5 Å². The summed E-state index contributed by atoms with van der Waals surface area (Å²) in [5.41, 5.74) is 12.4. The van der Waals surface area contributed by atoms with Gasteiger partial charge in [0.05, 0.1) is 53.2 Å². The fourth-order valence-corrected chi connectivity index (χ4v) is 9.04. The van der Waals surface area contributed by atoms with Gasteiger partial charge in [0.1, 0.15) is 0 Å². The van der Waals surface area contributed by atoms with E-state index in [1.807, 2.05) is 0 Å². The Balaban J connectivity index is 1.01. The highest BCUT2D eigenvalue weighted by molar-refractivity contribution is 7.91. The third kappa shape index (κ3) is 5.73. The van der Waals surface area contributed by atoms with Crippen molar-refractivity contribution in [3.63, 3.8) is 0 Å². The summed E-state index contributed by atoms with van der Waals surface area (Å²) in [7, 11) is -7.82. The Morgan fingerprint density at radius 2 is 0.679 bits per heavy atom. The van der Waals surface area contributed by atoms with Crippen LogP contribution in [0.1, 0.15) is 57.4 Å². The molecule has 2 heterocycles. The molecular weight excluding hydrogens is 757 g/mol. The van der Waals surface area contributed by atoms with Crippen LogP contribution in [0.25, 0.3) is 0 Å². The van der Waals surface area contributed by atoms with Crippen LogP contribution < -0.4 is 21.3 Å². The molecule has 0 aromatic heterocycles. The largest absolute Gasteiger partial charge is 0.399 e. The number of sulfone groups is 2. The fraction of sp³-hybridized carbons (Fsp3) is 0. The summed E-state index contributed by atoms with van der Waals surface area (Å²) in [5, 5.41) is 0. The Morgan fingerprint density at radius 3 is 1.00 bits per heavy atom. The first-order chi connectivity index (χ1) is 26.7. The second-order valence-electron chi connectivity index (χ2n) is 12.9. The summed E-state index contributed by atoms with van der Waals surface area (Å²) in [4.78, 5) is 69.2. The third-order valence-corrected chi connectivity index (χ3v) is 13.1. The van der Waals surface area contributed by atoms with Crippen molar-refractivity contribution in [3.05, 3.63) is 167 Å². The number of imide groups is 2. The summed E-state index contributed by atoms with van der Waals surface area (Å²) >= 11 is 0. The number of nitrogen functional groups attached to an aromatic ring is 2. The SMILES string of the molecule is Nc1ccc(S(=O)(=O)c2ccc(N3C(=O)c4ccc(C(=O)c5ccc6c(c5)C(=O)N(c5ccc(S(=O)(=O)c7ccc(N)cc7)cc5)C6=O)cc4C3=O)cc2)cc1. The highest BCUT2D eigenvalue weighted by Crippen LogP contribution is 2.34. The average molecular weight is 783 g/mol. The second-order valence-corrected chi connectivity index (χ2v) is 16.8. The van der Waals surface area contributed by atoms with Gasteiger partial charge in [-0.1, -0.05) is 12.1 Å². The summed E-state index contributed by atoms with van der Waals surface area (Å²) in [6.45, 7) is 0.